The molecule has 1 aliphatic rings. The molecule has 1 aliphatic carbocycles. The van der Waals surface area contributed by atoms with E-state index in [1.54, 1.807) is 6.07 Å². The molecular weight excluding hydrogens is 269 g/mol. The van der Waals surface area contributed by atoms with Crippen LogP contribution in [-0.2, 0) is 5.41 Å². The van der Waals surface area contributed by atoms with Crippen molar-refractivity contribution in [2.75, 3.05) is 11.9 Å². The van der Waals surface area contributed by atoms with E-state index in [-0.39, 0.29) is 11.2 Å². The summed E-state index contributed by atoms with van der Waals surface area (Å²) in [4.78, 5) is 8.70. The minimum Gasteiger partial charge on any atom is -0.424 e. The minimum atomic E-state index is -0.311. The maximum atomic E-state index is 13.1. The van der Waals surface area contributed by atoms with Crippen molar-refractivity contribution in [2.24, 2.45) is 0 Å². The molecule has 21 heavy (non-hydrogen) atoms. The maximum absolute atomic E-state index is 13.1. The van der Waals surface area contributed by atoms with Crippen molar-refractivity contribution in [3.63, 3.8) is 0 Å². The normalized spacial score (nSPS) is 16.0. The zero-order valence-corrected chi connectivity index (χ0v) is 11.3. The molecular formula is C16H14FN3O. The van der Waals surface area contributed by atoms with E-state index in [0.717, 1.165) is 25.1 Å². The lowest BCUT2D eigenvalue weighted by Gasteiger charge is -2.14. The van der Waals surface area contributed by atoms with Gasteiger partial charge in [-0.05, 0) is 37.1 Å². The molecule has 1 aromatic carbocycles. The van der Waals surface area contributed by atoms with Crippen LogP contribution >= 0.6 is 0 Å². The van der Waals surface area contributed by atoms with Crippen LogP contribution in [0.3, 0.4) is 0 Å². The smallest absolute Gasteiger partial charge is 0.295 e. The summed E-state index contributed by atoms with van der Waals surface area (Å²) in [6.07, 6.45) is 4.02. The van der Waals surface area contributed by atoms with Gasteiger partial charge in [-0.2, -0.15) is 4.98 Å². The number of fused-ring (bicyclic) bond motifs is 1. The average molecular weight is 283 g/mol. The van der Waals surface area contributed by atoms with E-state index in [4.69, 9.17) is 4.42 Å². The van der Waals surface area contributed by atoms with Crippen LogP contribution in [0, 0.1) is 5.82 Å². The Kier molecular flexibility index (Phi) is 2.67. The van der Waals surface area contributed by atoms with E-state index < -0.39 is 0 Å². The second kappa shape index (κ2) is 4.55. The third-order valence-electron chi connectivity index (χ3n) is 3.99. The summed E-state index contributed by atoms with van der Waals surface area (Å²) < 4.78 is 18.7. The summed E-state index contributed by atoms with van der Waals surface area (Å²) in [5.74, 6) is -0.311. The lowest BCUT2D eigenvalue weighted by atomic mass is 10.0. The number of hydrogen-bond donors (Lipinski definition) is 1. The lowest BCUT2D eigenvalue weighted by molar-refractivity contribution is 0.597. The van der Waals surface area contributed by atoms with Gasteiger partial charge in [-0.25, -0.2) is 4.39 Å². The minimum absolute atomic E-state index is 0.0766. The molecule has 2 heterocycles. The van der Waals surface area contributed by atoms with Gasteiger partial charge < -0.3 is 9.73 Å². The molecule has 1 N–H and O–H groups in total. The van der Waals surface area contributed by atoms with Crippen LogP contribution in [0.25, 0.3) is 11.1 Å². The summed E-state index contributed by atoms with van der Waals surface area (Å²) in [5, 5.41) is 3.21. The quantitative estimate of drug-likeness (QED) is 0.796. The van der Waals surface area contributed by atoms with Crippen LogP contribution < -0.4 is 5.32 Å². The van der Waals surface area contributed by atoms with Crippen molar-refractivity contribution in [1.29, 1.82) is 0 Å². The van der Waals surface area contributed by atoms with E-state index >= 15 is 0 Å². The number of oxazole rings is 1. The van der Waals surface area contributed by atoms with E-state index in [9.17, 15) is 4.39 Å². The predicted molar refractivity (Wildman–Crippen MR) is 77.6 cm³/mol. The predicted octanol–water partition coefficient (Wildman–Crippen LogP) is 3.51. The SMILES string of the molecule is Fc1ccc2oc(NCC3(c4ccccn4)CC3)nc2c1. The van der Waals surface area contributed by atoms with Crippen molar-refractivity contribution >= 4 is 17.1 Å². The number of aromatic nitrogens is 2. The van der Waals surface area contributed by atoms with Gasteiger partial charge in [0.15, 0.2) is 5.58 Å². The third kappa shape index (κ3) is 2.24. The first-order valence-corrected chi connectivity index (χ1v) is 6.97. The van der Waals surface area contributed by atoms with Gasteiger partial charge in [0, 0.05) is 29.9 Å². The molecule has 0 radical (unpaired) electrons. The number of anilines is 1. The Morgan fingerprint density at radius 1 is 1.24 bits per heavy atom. The molecule has 5 heteroatoms. The van der Waals surface area contributed by atoms with Crippen molar-refractivity contribution in [2.45, 2.75) is 18.3 Å². The zero-order chi connectivity index (χ0) is 14.3. The third-order valence-corrected chi connectivity index (χ3v) is 3.99. The molecule has 1 fully saturated rings. The molecule has 0 amide bonds. The first-order chi connectivity index (χ1) is 10.3. The van der Waals surface area contributed by atoms with E-state index in [1.165, 1.54) is 12.1 Å². The monoisotopic (exact) mass is 283 g/mol. The maximum Gasteiger partial charge on any atom is 0.295 e. The Morgan fingerprint density at radius 2 is 2.14 bits per heavy atom. The van der Waals surface area contributed by atoms with Gasteiger partial charge in [0.05, 0.1) is 0 Å². The largest absolute Gasteiger partial charge is 0.424 e. The number of nitrogens with one attached hydrogen (secondary N) is 1. The molecule has 0 saturated heterocycles. The molecule has 0 spiro atoms. The summed E-state index contributed by atoms with van der Waals surface area (Å²) >= 11 is 0. The summed E-state index contributed by atoms with van der Waals surface area (Å²) in [6, 6.07) is 10.7. The summed E-state index contributed by atoms with van der Waals surface area (Å²) in [7, 11) is 0. The Bertz CT molecular complexity index is 781. The van der Waals surface area contributed by atoms with Crippen molar-refractivity contribution in [3.05, 3.63) is 54.1 Å². The van der Waals surface area contributed by atoms with Crippen LogP contribution in [0.2, 0.25) is 0 Å². The van der Waals surface area contributed by atoms with Crippen LogP contribution in [0.1, 0.15) is 18.5 Å². The first kappa shape index (κ1) is 12.3. The van der Waals surface area contributed by atoms with Gasteiger partial charge in [0.2, 0.25) is 0 Å². The highest BCUT2D eigenvalue weighted by Gasteiger charge is 2.45. The Morgan fingerprint density at radius 3 is 2.90 bits per heavy atom. The fraction of sp³-hybridized carbons (Fsp3) is 0.250. The summed E-state index contributed by atoms with van der Waals surface area (Å²) in [5.41, 5.74) is 2.29. The number of pyridine rings is 1. The molecule has 4 nitrogen and oxygen atoms in total. The number of hydrogen-bond acceptors (Lipinski definition) is 4. The second-order valence-electron chi connectivity index (χ2n) is 5.48. The van der Waals surface area contributed by atoms with Gasteiger partial charge >= 0.3 is 0 Å². The Labute approximate surface area is 121 Å². The van der Waals surface area contributed by atoms with Crippen molar-refractivity contribution in [3.8, 4) is 0 Å². The van der Waals surface area contributed by atoms with Gasteiger partial charge in [-0.3, -0.25) is 4.98 Å². The van der Waals surface area contributed by atoms with Crippen LogP contribution in [0.4, 0.5) is 10.4 Å². The van der Waals surface area contributed by atoms with E-state index in [0.29, 0.717) is 17.1 Å². The molecule has 106 valence electrons. The van der Waals surface area contributed by atoms with E-state index in [1.807, 2.05) is 18.3 Å². The molecule has 3 aromatic rings. The van der Waals surface area contributed by atoms with Gasteiger partial charge in [0.1, 0.15) is 11.3 Å². The van der Waals surface area contributed by atoms with Gasteiger partial charge in [-0.15, -0.1) is 0 Å². The van der Waals surface area contributed by atoms with Crippen LogP contribution in [-0.4, -0.2) is 16.5 Å². The van der Waals surface area contributed by atoms with Gasteiger partial charge in [0.25, 0.3) is 6.01 Å². The Balaban J connectivity index is 1.53. The highest BCUT2D eigenvalue weighted by molar-refractivity contribution is 5.74. The summed E-state index contributed by atoms with van der Waals surface area (Å²) in [6.45, 7) is 0.722. The molecule has 2 aromatic heterocycles. The highest BCUT2D eigenvalue weighted by atomic mass is 19.1. The topological polar surface area (TPSA) is 51.0 Å². The highest BCUT2D eigenvalue weighted by Crippen LogP contribution is 2.47. The molecule has 0 aliphatic heterocycles. The zero-order valence-electron chi connectivity index (χ0n) is 11.3. The van der Waals surface area contributed by atoms with Crippen LogP contribution in [0.15, 0.2) is 47.0 Å². The lowest BCUT2D eigenvalue weighted by Crippen LogP contribution is -2.20. The fourth-order valence-electron chi connectivity index (χ4n) is 2.57. The van der Waals surface area contributed by atoms with E-state index in [2.05, 4.69) is 21.4 Å². The molecule has 1 saturated carbocycles. The molecule has 0 atom stereocenters. The van der Waals surface area contributed by atoms with Crippen LogP contribution in [0.5, 0.6) is 0 Å². The van der Waals surface area contributed by atoms with Crippen molar-refractivity contribution < 1.29 is 8.81 Å². The molecule has 0 unspecified atom stereocenters. The number of benzene rings is 1. The fourth-order valence-corrected chi connectivity index (χ4v) is 2.57. The molecule has 4 rings (SSSR count). The number of halogens is 1. The Hall–Kier alpha value is -2.43. The number of rotatable bonds is 4. The van der Waals surface area contributed by atoms with Gasteiger partial charge in [-0.1, -0.05) is 6.07 Å². The number of nitrogens with zero attached hydrogens (tertiary/aromatic N) is 2. The second-order valence-corrected chi connectivity index (χ2v) is 5.48. The molecule has 0 bridgehead atoms. The van der Waals surface area contributed by atoms with Crippen molar-refractivity contribution in [1.82, 2.24) is 9.97 Å². The average Bonchev–Trinajstić information content (AvgIpc) is 3.20. The first-order valence-electron chi connectivity index (χ1n) is 6.97. The standard InChI is InChI=1S/C16H14FN3O/c17-11-4-5-13-12(9-11)20-15(21-13)19-10-16(6-7-16)14-3-1-2-8-18-14/h1-5,8-9H,6-7,10H2,(H,19,20).